The fraction of sp³-hybridized carbons (Fsp3) is 0.154. The summed E-state index contributed by atoms with van der Waals surface area (Å²) in [7, 11) is 2.00. The van der Waals surface area contributed by atoms with E-state index in [4.69, 9.17) is 0 Å². The van der Waals surface area contributed by atoms with Crippen LogP contribution in [0.2, 0.25) is 0 Å². The van der Waals surface area contributed by atoms with E-state index < -0.39 is 0 Å². The van der Waals surface area contributed by atoms with Crippen LogP contribution in [0.1, 0.15) is 0 Å². The Balaban J connectivity index is 2.39. The molecule has 0 unspecified atom stereocenters. The van der Waals surface area contributed by atoms with E-state index >= 15 is 0 Å². The van der Waals surface area contributed by atoms with Crippen LogP contribution < -0.4 is 5.49 Å². The first-order chi connectivity index (χ1) is 7.79. The molecule has 1 aromatic carbocycles. The molecule has 0 radical (unpaired) electrons. The largest absolute Gasteiger partial charge is 0.336 e. The van der Waals surface area contributed by atoms with Gasteiger partial charge in [0.05, 0.1) is 5.69 Å². The van der Waals surface area contributed by atoms with Crippen molar-refractivity contribution in [2.45, 2.75) is 4.90 Å². The van der Waals surface area contributed by atoms with Crippen molar-refractivity contribution >= 4 is 17.4 Å². The molecule has 0 bridgehead atoms. The summed E-state index contributed by atoms with van der Waals surface area (Å²) >= 11 is 1.74. The number of rotatable bonds is 2. The molecule has 2 nitrogen and oxygen atoms in total. The van der Waals surface area contributed by atoms with E-state index in [1.54, 1.807) is 11.8 Å². The lowest BCUT2D eigenvalue weighted by molar-refractivity contribution is 0.835. The molecule has 0 aliphatic rings. The summed E-state index contributed by atoms with van der Waals surface area (Å²) in [5, 5.41) is 0. The summed E-state index contributed by atoms with van der Waals surface area (Å²) in [5.74, 6) is 0. The normalized spacial score (nSPS) is 11.8. The third kappa shape index (κ3) is 2.55. The fourth-order valence-corrected chi connectivity index (χ4v) is 1.83. The van der Waals surface area contributed by atoms with Gasteiger partial charge in [0, 0.05) is 18.1 Å². The summed E-state index contributed by atoms with van der Waals surface area (Å²) in [6, 6.07) is 14.3. The maximum Gasteiger partial charge on any atom is 0.132 e. The quantitative estimate of drug-likeness (QED) is 0.725. The molecule has 0 amide bonds. The molecule has 2 rings (SSSR count). The predicted octanol–water partition coefficient (Wildman–Crippen LogP) is 2.98. The molecular formula is C13H14N2S. The van der Waals surface area contributed by atoms with Gasteiger partial charge in [-0.15, -0.1) is 11.8 Å². The van der Waals surface area contributed by atoms with E-state index in [-0.39, 0.29) is 0 Å². The summed E-state index contributed by atoms with van der Waals surface area (Å²) in [5.41, 5.74) is 1.94. The van der Waals surface area contributed by atoms with Gasteiger partial charge in [-0.25, -0.2) is 4.99 Å². The highest BCUT2D eigenvalue weighted by atomic mass is 32.2. The molecule has 0 fully saturated rings. The summed E-state index contributed by atoms with van der Waals surface area (Å²) < 4.78 is 2.00. The molecule has 0 aliphatic heterocycles. The Morgan fingerprint density at radius 3 is 2.44 bits per heavy atom. The number of aromatic nitrogens is 1. The first-order valence-corrected chi connectivity index (χ1v) is 6.32. The van der Waals surface area contributed by atoms with E-state index in [1.165, 1.54) is 4.90 Å². The van der Waals surface area contributed by atoms with Crippen LogP contribution in [-0.4, -0.2) is 10.8 Å². The number of nitrogens with zero attached hydrogens (tertiary/aromatic N) is 2. The Kier molecular flexibility index (Phi) is 3.47. The monoisotopic (exact) mass is 230 g/mol. The van der Waals surface area contributed by atoms with Gasteiger partial charge in [0.1, 0.15) is 5.49 Å². The lowest BCUT2D eigenvalue weighted by atomic mass is 10.3. The van der Waals surface area contributed by atoms with Crippen LogP contribution >= 0.6 is 11.8 Å². The van der Waals surface area contributed by atoms with Gasteiger partial charge in [0.25, 0.3) is 0 Å². The second-order valence-corrected chi connectivity index (χ2v) is 4.36. The van der Waals surface area contributed by atoms with Crippen molar-refractivity contribution in [1.29, 1.82) is 0 Å². The highest BCUT2D eigenvalue weighted by molar-refractivity contribution is 7.98. The number of aryl methyl sites for hydroxylation is 1. The SMILES string of the molecule is CSc1ccc(N=c2ccccn2C)cc1. The van der Waals surface area contributed by atoms with Crippen molar-refractivity contribution in [3.05, 3.63) is 54.1 Å². The number of benzene rings is 1. The molecule has 1 heterocycles. The van der Waals surface area contributed by atoms with Crippen LogP contribution in [-0.2, 0) is 7.05 Å². The molecule has 0 aliphatic carbocycles. The Hall–Kier alpha value is -1.48. The zero-order valence-electron chi connectivity index (χ0n) is 9.42. The second kappa shape index (κ2) is 5.03. The minimum absolute atomic E-state index is 0.958. The van der Waals surface area contributed by atoms with Crippen molar-refractivity contribution in [1.82, 2.24) is 4.57 Å². The van der Waals surface area contributed by atoms with Crippen LogP contribution in [0.5, 0.6) is 0 Å². The molecule has 0 N–H and O–H groups in total. The van der Waals surface area contributed by atoms with Crippen molar-refractivity contribution < 1.29 is 0 Å². The lowest BCUT2D eigenvalue weighted by Gasteiger charge is -1.99. The lowest BCUT2D eigenvalue weighted by Crippen LogP contribution is -2.15. The molecule has 1 aromatic heterocycles. The minimum Gasteiger partial charge on any atom is -0.336 e. The number of hydrogen-bond acceptors (Lipinski definition) is 2. The van der Waals surface area contributed by atoms with Gasteiger partial charge < -0.3 is 4.57 Å². The van der Waals surface area contributed by atoms with Gasteiger partial charge in [0.15, 0.2) is 0 Å². The van der Waals surface area contributed by atoms with E-state index in [0.717, 1.165) is 11.2 Å². The van der Waals surface area contributed by atoms with Gasteiger partial charge in [-0.2, -0.15) is 0 Å². The Labute approximate surface area is 99.7 Å². The molecule has 82 valence electrons. The van der Waals surface area contributed by atoms with Gasteiger partial charge >= 0.3 is 0 Å². The van der Waals surface area contributed by atoms with E-state index in [0.29, 0.717) is 0 Å². The molecule has 0 spiro atoms. The third-order valence-electron chi connectivity index (χ3n) is 2.34. The number of hydrogen-bond donors (Lipinski definition) is 0. The maximum atomic E-state index is 4.57. The average molecular weight is 230 g/mol. The molecule has 0 atom stereocenters. The van der Waals surface area contributed by atoms with Crippen LogP contribution in [0.15, 0.2) is 58.5 Å². The maximum absolute atomic E-state index is 4.57. The molecule has 0 saturated heterocycles. The summed E-state index contributed by atoms with van der Waals surface area (Å²) in [6.07, 6.45) is 4.07. The molecule has 16 heavy (non-hydrogen) atoms. The minimum atomic E-state index is 0.958. The smallest absolute Gasteiger partial charge is 0.132 e. The van der Waals surface area contributed by atoms with E-state index in [9.17, 15) is 0 Å². The summed E-state index contributed by atoms with van der Waals surface area (Å²) in [6.45, 7) is 0. The van der Waals surface area contributed by atoms with Crippen molar-refractivity contribution in [3.63, 3.8) is 0 Å². The number of pyridine rings is 1. The number of thioether (sulfide) groups is 1. The standard InChI is InChI=1S/C13H14N2S/c1-15-10-4-3-5-13(15)14-11-6-8-12(16-2)9-7-11/h3-10H,1-2H3. The zero-order chi connectivity index (χ0) is 11.4. The van der Waals surface area contributed by atoms with E-state index in [2.05, 4.69) is 23.4 Å². The van der Waals surface area contributed by atoms with Gasteiger partial charge in [-0.05, 0) is 42.7 Å². The Morgan fingerprint density at radius 2 is 1.81 bits per heavy atom. The van der Waals surface area contributed by atoms with Crippen LogP contribution in [0, 0.1) is 0 Å². The average Bonchev–Trinajstić information content (AvgIpc) is 2.33. The van der Waals surface area contributed by atoms with Crippen molar-refractivity contribution in [2.75, 3.05) is 6.26 Å². The molecule has 2 aromatic rings. The van der Waals surface area contributed by atoms with Gasteiger partial charge in [-0.3, -0.25) is 0 Å². The highest BCUT2D eigenvalue weighted by Crippen LogP contribution is 2.18. The predicted molar refractivity (Wildman–Crippen MR) is 68.9 cm³/mol. The van der Waals surface area contributed by atoms with Gasteiger partial charge in [0.2, 0.25) is 0 Å². The highest BCUT2D eigenvalue weighted by Gasteiger charge is 1.91. The third-order valence-corrected chi connectivity index (χ3v) is 3.09. The topological polar surface area (TPSA) is 17.3 Å². The van der Waals surface area contributed by atoms with Crippen LogP contribution in [0.3, 0.4) is 0 Å². The molecule has 3 heteroatoms. The fourth-order valence-electron chi connectivity index (χ4n) is 1.42. The van der Waals surface area contributed by atoms with Crippen molar-refractivity contribution in [2.24, 2.45) is 12.0 Å². The molecule has 0 saturated carbocycles. The van der Waals surface area contributed by atoms with Gasteiger partial charge in [-0.1, -0.05) is 6.07 Å². The van der Waals surface area contributed by atoms with Crippen molar-refractivity contribution in [3.8, 4) is 0 Å². The Bertz CT molecular complexity index is 526. The summed E-state index contributed by atoms with van der Waals surface area (Å²) in [4.78, 5) is 5.83. The first-order valence-electron chi connectivity index (χ1n) is 5.10. The Morgan fingerprint density at radius 1 is 1.06 bits per heavy atom. The van der Waals surface area contributed by atoms with Crippen LogP contribution in [0.25, 0.3) is 0 Å². The zero-order valence-corrected chi connectivity index (χ0v) is 10.2. The van der Waals surface area contributed by atoms with E-state index in [1.807, 2.05) is 48.1 Å². The second-order valence-electron chi connectivity index (χ2n) is 3.48. The van der Waals surface area contributed by atoms with Crippen LogP contribution in [0.4, 0.5) is 5.69 Å². The first kappa shape index (κ1) is 11.0. The molecular weight excluding hydrogens is 216 g/mol.